The van der Waals surface area contributed by atoms with Crippen LogP contribution in [-0.2, 0) is 26.0 Å². The monoisotopic (exact) mass is 396 g/mol. The smallest absolute Gasteiger partial charge is 0.326 e. The molecule has 0 radical (unpaired) electrons. The molecule has 0 aliphatic carbocycles. The van der Waals surface area contributed by atoms with E-state index >= 15 is 0 Å². The number of aliphatic carboxylic acids is 1. The van der Waals surface area contributed by atoms with Gasteiger partial charge in [0.25, 0.3) is 10.0 Å². The van der Waals surface area contributed by atoms with E-state index in [1.165, 1.54) is 20.0 Å². The first kappa shape index (κ1) is 20.1. The molecule has 2 unspecified atom stereocenters. The lowest BCUT2D eigenvalue weighted by atomic mass is 10.0. The average Bonchev–Trinajstić information content (AvgIpc) is 3.14. The van der Waals surface area contributed by atoms with Crippen LogP contribution in [0.2, 0.25) is 0 Å². The molecular formula is C17H20N2O5S2. The normalized spacial score (nSPS) is 13.8. The average molecular weight is 396 g/mol. The number of rotatable bonds is 8. The van der Waals surface area contributed by atoms with E-state index in [0.29, 0.717) is 0 Å². The summed E-state index contributed by atoms with van der Waals surface area (Å²) in [5, 5.41) is 11.1. The molecule has 1 aromatic heterocycles. The summed E-state index contributed by atoms with van der Waals surface area (Å²) < 4.78 is 26.9. The van der Waals surface area contributed by atoms with Crippen molar-refractivity contribution in [3.05, 3.63) is 53.4 Å². The molecule has 0 aliphatic rings. The van der Waals surface area contributed by atoms with Crippen LogP contribution in [0.5, 0.6) is 0 Å². The summed E-state index contributed by atoms with van der Waals surface area (Å²) in [6.07, 6.45) is 0.128. The SMILES string of the molecule is CC(NS(=O)(=O)c1cccs1)C(=O)N(C)C(Cc1ccccc1)C(=O)O. The number of carbonyl (C=O) groups is 2. The molecule has 0 aliphatic heterocycles. The first-order chi connectivity index (χ1) is 12.2. The molecule has 0 fully saturated rings. The Morgan fingerprint density at radius 1 is 1.19 bits per heavy atom. The summed E-state index contributed by atoms with van der Waals surface area (Å²) in [6.45, 7) is 1.39. The molecule has 2 atom stereocenters. The maximum Gasteiger partial charge on any atom is 0.326 e. The number of thiophene rings is 1. The number of benzene rings is 1. The van der Waals surface area contributed by atoms with Gasteiger partial charge in [-0.25, -0.2) is 13.2 Å². The zero-order valence-corrected chi connectivity index (χ0v) is 16.0. The van der Waals surface area contributed by atoms with E-state index in [-0.39, 0.29) is 10.6 Å². The molecule has 26 heavy (non-hydrogen) atoms. The van der Waals surface area contributed by atoms with Gasteiger partial charge in [0.15, 0.2) is 0 Å². The number of nitrogens with zero attached hydrogens (tertiary/aromatic N) is 1. The van der Waals surface area contributed by atoms with Crippen LogP contribution in [0, 0.1) is 0 Å². The zero-order valence-electron chi connectivity index (χ0n) is 14.3. The molecule has 1 amide bonds. The highest BCUT2D eigenvalue weighted by Crippen LogP contribution is 2.16. The van der Waals surface area contributed by atoms with E-state index in [0.717, 1.165) is 21.8 Å². The zero-order chi connectivity index (χ0) is 19.3. The van der Waals surface area contributed by atoms with Crippen molar-refractivity contribution < 1.29 is 23.1 Å². The van der Waals surface area contributed by atoms with Crippen LogP contribution in [0.4, 0.5) is 0 Å². The lowest BCUT2D eigenvalue weighted by Gasteiger charge is -2.27. The number of carboxylic acids is 1. The van der Waals surface area contributed by atoms with Gasteiger partial charge >= 0.3 is 5.97 Å². The third-order valence-corrected chi connectivity index (χ3v) is 6.77. The molecule has 2 N–H and O–H groups in total. The van der Waals surface area contributed by atoms with Crippen LogP contribution in [0.1, 0.15) is 12.5 Å². The summed E-state index contributed by atoms with van der Waals surface area (Å²) >= 11 is 1.04. The van der Waals surface area contributed by atoms with Crippen molar-refractivity contribution in [2.24, 2.45) is 0 Å². The number of carbonyl (C=O) groups excluding carboxylic acids is 1. The second kappa shape index (κ2) is 8.43. The van der Waals surface area contributed by atoms with E-state index in [4.69, 9.17) is 0 Å². The number of sulfonamides is 1. The van der Waals surface area contributed by atoms with Gasteiger partial charge in [-0.3, -0.25) is 4.79 Å². The molecule has 140 valence electrons. The van der Waals surface area contributed by atoms with Crippen molar-refractivity contribution in [3.8, 4) is 0 Å². The molecule has 7 nitrogen and oxygen atoms in total. The Bertz CT molecular complexity index is 851. The second-order valence-corrected chi connectivity index (χ2v) is 8.66. The molecule has 0 bridgehead atoms. The van der Waals surface area contributed by atoms with Crippen LogP contribution >= 0.6 is 11.3 Å². The van der Waals surface area contributed by atoms with Gasteiger partial charge in [-0.05, 0) is 23.9 Å². The molecule has 0 spiro atoms. The fraction of sp³-hybridized carbons (Fsp3) is 0.294. The third kappa shape index (κ3) is 4.90. The van der Waals surface area contributed by atoms with Crippen molar-refractivity contribution in [1.82, 2.24) is 9.62 Å². The summed E-state index contributed by atoms with van der Waals surface area (Å²) in [4.78, 5) is 25.2. The van der Waals surface area contributed by atoms with Gasteiger partial charge in [-0.15, -0.1) is 11.3 Å². The number of nitrogens with one attached hydrogen (secondary N) is 1. The minimum absolute atomic E-state index is 0.0962. The van der Waals surface area contributed by atoms with Crippen molar-refractivity contribution in [1.29, 1.82) is 0 Å². The fourth-order valence-electron chi connectivity index (χ4n) is 2.44. The fourth-order valence-corrected chi connectivity index (χ4v) is 4.65. The Kier molecular flexibility index (Phi) is 6.52. The Balaban J connectivity index is 2.11. The summed E-state index contributed by atoms with van der Waals surface area (Å²) in [5.41, 5.74) is 0.770. The van der Waals surface area contributed by atoms with Crippen molar-refractivity contribution in [2.45, 2.75) is 29.6 Å². The van der Waals surface area contributed by atoms with E-state index in [1.54, 1.807) is 35.7 Å². The van der Waals surface area contributed by atoms with Gasteiger partial charge in [0.2, 0.25) is 5.91 Å². The first-order valence-electron chi connectivity index (χ1n) is 7.81. The predicted molar refractivity (Wildman–Crippen MR) is 98.4 cm³/mol. The van der Waals surface area contributed by atoms with Crippen LogP contribution < -0.4 is 4.72 Å². The number of carboxylic acid groups (broad SMARTS) is 1. The van der Waals surface area contributed by atoms with Gasteiger partial charge < -0.3 is 10.0 Å². The quantitative estimate of drug-likeness (QED) is 0.705. The lowest BCUT2D eigenvalue weighted by molar-refractivity contribution is -0.149. The van der Waals surface area contributed by atoms with E-state index in [9.17, 15) is 23.1 Å². The third-order valence-electron chi connectivity index (χ3n) is 3.83. The van der Waals surface area contributed by atoms with Gasteiger partial charge in [0, 0.05) is 13.5 Å². The largest absolute Gasteiger partial charge is 0.480 e. The Morgan fingerprint density at radius 2 is 1.85 bits per heavy atom. The number of amides is 1. The van der Waals surface area contributed by atoms with Crippen LogP contribution in [0.3, 0.4) is 0 Å². The molecule has 2 aromatic rings. The second-order valence-electron chi connectivity index (χ2n) is 5.77. The highest BCUT2D eigenvalue weighted by Gasteiger charge is 2.31. The highest BCUT2D eigenvalue weighted by atomic mass is 32.2. The predicted octanol–water partition coefficient (Wildman–Crippen LogP) is 1.57. The lowest BCUT2D eigenvalue weighted by Crippen LogP contribution is -2.51. The summed E-state index contributed by atoms with van der Waals surface area (Å²) in [6, 6.07) is 9.77. The minimum atomic E-state index is -3.83. The Morgan fingerprint density at radius 3 is 2.38 bits per heavy atom. The van der Waals surface area contributed by atoms with Crippen molar-refractivity contribution in [3.63, 3.8) is 0 Å². The van der Waals surface area contributed by atoms with E-state index < -0.39 is 34.0 Å². The van der Waals surface area contributed by atoms with Crippen molar-refractivity contribution in [2.75, 3.05) is 7.05 Å². The minimum Gasteiger partial charge on any atom is -0.480 e. The molecular weight excluding hydrogens is 376 g/mol. The standard InChI is InChI=1S/C17H20N2O5S2/c1-12(18-26(23,24)15-9-6-10-25-15)16(20)19(2)14(17(21)22)11-13-7-4-3-5-8-13/h3-10,12,14,18H,11H2,1-2H3,(H,21,22). The van der Waals surface area contributed by atoms with Crippen LogP contribution in [0.25, 0.3) is 0 Å². The first-order valence-corrected chi connectivity index (χ1v) is 10.2. The number of hydrogen-bond acceptors (Lipinski definition) is 5. The summed E-state index contributed by atoms with van der Waals surface area (Å²) in [7, 11) is -2.46. The number of likely N-dealkylation sites (N-methyl/N-ethyl adjacent to an activating group) is 1. The molecule has 1 aromatic carbocycles. The molecule has 9 heteroatoms. The topological polar surface area (TPSA) is 104 Å². The maximum atomic E-state index is 12.6. The summed E-state index contributed by atoms with van der Waals surface area (Å²) in [5.74, 6) is -1.77. The maximum absolute atomic E-state index is 12.6. The highest BCUT2D eigenvalue weighted by molar-refractivity contribution is 7.91. The van der Waals surface area contributed by atoms with Gasteiger partial charge in [0.05, 0.1) is 6.04 Å². The Hall–Kier alpha value is -2.23. The Labute approximate surface area is 156 Å². The van der Waals surface area contributed by atoms with Gasteiger partial charge in [0.1, 0.15) is 10.3 Å². The molecule has 2 rings (SSSR count). The van der Waals surface area contributed by atoms with Crippen LogP contribution in [0.15, 0.2) is 52.1 Å². The van der Waals surface area contributed by atoms with Gasteiger partial charge in [-0.2, -0.15) is 4.72 Å². The molecule has 0 saturated heterocycles. The van der Waals surface area contributed by atoms with E-state index in [2.05, 4.69) is 4.72 Å². The number of hydrogen-bond donors (Lipinski definition) is 2. The van der Waals surface area contributed by atoms with E-state index in [1.807, 2.05) is 6.07 Å². The van der Waals surface area contributed by atoms with Gasteiger partial charge in [-0.1, -0.05) is 36.4 Å². The molecule has 0 saturated carbocycles. The van der Waals surface area contributed by atoms with Crippen LogP contribution in [-0.4, -0.2) is 49.4 Å². The molecule has 1 heterocycles. The van der Waals surface area contributed by atoms with Crippen molar-refractivity contribution >= 4 is 33.2 Å².